The van der Waals surface area contributed by atoms with E-state index in [4.69, 9.17) is 9.47 Å². The second-order valence-electron chi connectivity index (χ2n) is 9.85. The van der Waals surface area contributed by atoms with Gasteiger partial charge in [-0.05, 0) is 55.5 Å². The Balaban J connectivity index is 1.72. The molecule has 0 saturated carbocycles. The third-order valence-corrected chi connectivity index (χ3v) is 7.62. The van der Waals surface area contributed by atoms with Gasteiger partial charge in [0.15, 0.2) is 0 Å². The number of carbonyl (C=O) groups excluding carboxylic acids is 1. The van der Waals surface area contributed by atoms with Crippen molar-refractivity contribution in [2.75, 3.05) is 20.3 Å². The fraction of sp³-hybridized carbons (Fsp3) is 0.310. The minimum Gasteiger partial charge on any atom is -0.465 e. The third kappa shape index (κ3) is 3.90. The summed E-state index contributed by atoms with van der Waals surface area (Å²) in [6, 6.07) is 18.0. The summed E-state index contributed by atoms with van der Waals surface area (Å²) < 4.78 is 15.9. The molecule has 1 aliphatic heterocycles. The second-order valence-corrected chi connectivity index (χ2v) is 9.85. The van der Waals surface area contributed by atoms with E-state index in [9.17, 15) is 10.0 Å². The summed E-state index contributed by atoms with van der Waals surface area (Å²) >= 11 is 0. The smallest absolute Gasteiger partial charge is 0.337 e. The maximum atomic E-state index is 12.6. The Morgan fingerprint density at radius 2 is 1.89 bits per heavy atom. The number of nitrogens with zero attached hydrogens (tertiary/aromatic N) is 5. The molecule has 5 aromatic rings. The molecule has 194 valence electrons. The van der Waals surface area contributed by atoms with Crippen molar-refractivity contribution >= 4 is 27.9 Å². The molecule has 1 unspecified atom stereocenters. The maximum Gasteiger partial charge on any atom is 0.337 e. The summed E-state index contributed by atoms with van der Waals surface area (Å²) in [6.07, 6.45) is 3.50. The zero-order valence-corrected chi connectivity index (χ0v) is 21.7. The zero-order valence-electron chi connectivity index (χ0n) is 21.7. The Bertz CT molecular complexity index is 1630. The number of rotatable bonds is 5. The molecule has 38 heavy (non-hydrogen) atoms. The van der Waals surface area contributed by atoms with Gasteiger partial charge in [-0.2, -0.15) is 0 Å². The maximum absolute atomic E-state index is 12.6. The lowest BCUT2D eigenvalue weighted by atomic mass is 9.86. The van der Waals surface area contributed by atoms with Gasteiger partial charge in [-0.1, -0.05) is 35.5 Å². The molecule has 0 bridgehead atoms. The molecule has 0 aliphatic carbocycles. The number of esters is 1. The fourth-order valence-electron chi connectivity index (χ4n) is 5.92. The summed E-state index contributed by atoms with van der Waals surface area (Å²) in [5, 5.41) is 20.6. The van der Waals surface area contributed by atoms with Crippen molar-refractivity contribution in [3.8, 4) is 11.3 Å². The Kier molecular flexibility index (Phi) is 6.07. The molecular formula is C29H30N5O4+. The van der Waals surface area contributed by atoms with E-state index in [1.807, 2.05) is 32.2 Å². The van der Waals surface area contributed by atoms with Gasteiger partial charge < -0.3 is 14.0 Å². The van der Waals surface area contributed by atoms with E-state index in [0.717, 1.165) is 51.8 Å². The van der Waals surface area contributed by atoms with E-state index < -0.39 is 5.97 Å². The van der Waals surface area contributed by atoms with Gasteiger partial charge >= 0.3 is 5.97 Å². The highest BCUT2D eigenvalue weighted by atomic mass is 16.5. The first-order chi connectivity index (χ1) is 18.5. The van der Waals surface area contributed by atoms with Crippen molar-refractivity contribution in [1.82, 2.24) is 19.6 Å². The zero-order chi connectivity index (χ0) is 26.4. The van der Waals surface area contributed by atoms with Crippen molar-refractivity contribution in [2.45, 2.75) is 25.8 Å². The van der Waals surface area contributed by atoms with Crippen LogP contribution in [0.2, 0.25) is 0 Å². The fourth-order valence-corrected chi connectivity index (χ4v) is 5.92. The number of aromatic nitrogens is 5. The van der Waals surface area contributed by atoms with E-state index >= 15 is 0 Å². The number of carbonyl (C=O) groups is 1. The van der Waals surface area contributed by atoms with Crippen LogP contribution >= 0.6 is 0 Å². The first kappa shape index (κ1) is 24.1. The molecule has 1 N–H and O–H groups in total. The van der Waals surface area contributed by atoms with Crippen LogP contribution in [0.1, 0.15) is 40.5 Å². The second kappa shape index (κ2) is 9.57. The summed E-state index contributed by atoms with van der Waals surface area (Å²) in [4.78, 5) is 12.6. The lowest BCUT2D eigenvalue weighted by Gasteiger charge is -2.33. The molecule has 1 atom stereocenters. The molecule has 9 heteroatoms. The Morgan fingerprint density at radius 3 is 2.58 bits per heavy atom. The largest absolute Gasteiger partial charge is 0.465 e. The molecule has 1 fully saturated rings. The average molecular weight is 513 g/mol. The molecule has 0 spiro atoms. The van der Waals surface area contributed by atoms with Gasteiger partial charge in [0.1, 0.15) is 5.52 Å². The van der Waals surface area contributed by atoms with Gasteiger partial charge in [0.05, 0.1) is 46.6 Å². The van der Waals surface area contributed by atoms with Gasteiger partial charge in [-0.15, -0.1) is 5.10 Å². The van der Waals surface area contributed by atoms with E-state index in [2.05, 4.69) is 45.2 Å². The highest BCUT2D eigenvalue weighted by molar-refractivity contribution is 6.07. The Hall–Kier alpha value is -4.24. The van der Waals surface area contributed by atoms with Crippen LogP contribution < -0.4 is 4.73 Å². The van der Waals surface area contributed by atoms with Crippen molar-refractivity contribution in [1.29, 1.82) is 0 Å². The van der Waals surface area contributed by atoms with E-state index in [0.29, 0.717) is 30.2 Å². The number of hydrogen-bond acceptors (Lipinski definition) is 6. The Labute approximate surface area is 219 Å². The molecule has 4 heterocycles. The van der Waals surface area contributed by atoms with Gasteiger partial charge in [-0.25, -0.2) is 9.48 Å². The molecule has 0 amide bonds. The summed E-state index contributed by atoms with van der Waals surface area (Å²) in [7, 11) is 3.23. The predicted octanol–water partition coefficient (Wildman–Crippen LogP) is 4.23. The van der Waals surface area contributed by atoms with Crippen LogP contribution in [0.15, 0.2) is 60.8 Å². The number of methoxy groups -OCH3 is 1. The van der Waals surface area contributed by atoms with Gasteiger partial charge in [0.25, 0.3) is 5.52 Å². The molecule has 9 nitrogen and oxygen atoms in total. The molecule has 1 saturated heterocycles. The number of hydrogen-bond donors (Lipinski definition) is 1. The van der Waals surface area contributed by atoms with Crippen LogP contribution in [0.5, 0.6) is 0 Å². The summed E-state index contributed by atoms with van der Waals surface area (Å²) in [5.41, 5.74) is 6.37. The van der Waals surface area contributed by atoms with Crippen molar-refractivity contribution < 1.29 is 24.2 Å². The van der Waals surface area contributed by atoms with E-state index in [1.54, 1.807) is 16.9 Å². The van der Waals surface area contributed by atoms with Crippen LogP contribution in [0.4, 0.5) is 0 Å². The van der Waals surface area contributed by atoms with Crippen molar-refractivity contribution in [3.05, 3.63) is 77.6 Å². The van der Waals surface area contributed by atoms with Crippen molar-refractivity contribution in [3.63, 3.8) is 0 Å². The minimum atomic E-state index is -0.403. The number of benzene rings is 2. The predicted molar refractivity (Wildman–Crippen MR) is 141 cm³/mol. The van der Waals surface area contributed by atoms with Crippen LogP contribution in [0, 0.1) is 12.8 Å². The normalized spacial score (nSPS) is 15.2. The molecule has 2 aromatic carbocycles. The van der Waals surface area contributed by atoms with Gasteiger partial charge in [0.2, 0.25) is 6.20 Å². The average Bonchev–Trinajstić information content (AvgIpc) is 3.45. The molecule has 0 radical (unpaired) electrons. The van der Waals surface area contributed by atoms with E-state index in [1.165, 1.54) is 11.8 Å². The van der Waals surface area contributed by atoms with Gasteiger partial charge in [0, 0.05) is 25.0 Å². The highest BCUT2D eigenvalue weighted by Crippen LogP contribution is 2.41. The molecule has 3 aromatic heterocycles. The van der Waals surface area contributed by atoms with Gasteiger partial charge in [-0.3, -0.25) is 5.21 Å². The number of aryl methyl sites for hydroxylation is 2. The summed E-state index contributed by atoms with van der Waals surface area (Å²) in [6.45, 7) is 3.30. The number of pyridine rings is 1. The van der Waals surface area contributed by atoms with Crippen molar-refractivity contribution in [2.24, 2.45) is 13.0 Å². The van der Waals surface area contributed by atoms with E-state index in [-0.39, 0.29) is 6.04 Å². The van der Waals surface area contributed by atoms with Crippen LogP contribution in [-0.2, 0) is 16.5 Å². The monoisotopic (exact) mass is 512 g/mol. The first-order valence-electron chi connectivity index (χ1n) is 12.8. The number of ether oxygens (including phenoxy) is 2. The third-order valence-electron chi connectivity index (χ3n) is 7.62. The topological polar surface area (TPSA) is 95.3 Å². The number of fused-ring (bicyclic) bond motifs is 3. The minimum absolute atomic E-state index is 0.0472. The first-order valence-corrected chi connectivity index (χ1v) is 12.8. The molecular weight excluding hydrogens is 482 g/mol. The molecule has 6 rings (SSSR count). The summed E-state index contributed by atoms with van der Waals surface area (Å²) in [5.74, 6) is -0.109. The van der Waals surface area contributed by atoms with Crippen LogP contribution in [-0.4, -0.2) is 51.1 Å². The standard InChI is InChI=1S/C29H30N5O4/c1-18-26(32(2)31-30-18)22-16-25-28(33(36)17-22)23-10-9-21(29(35)37-3)15-24(23)34(25)27(19-7-5-4-6-8-19)20-11-13-38-14-12-20/h4-10,15-17,20,27,36H,11-14H2,1-3H3/q+1. The lowest BCUT2D eigenvalue weighted by Crippen LogP contribution is -2.31. The molecule has 1 aliphatic rings. The van der Waals surface area contributed by atoms with Crippen LogP contribution in [0.25, 0.3) is 33.2 Å². The highest BCUT2D eigenvalue weighted by Gasteiger charge is 2.33. The Morgan fingerprint density at radius 1 is 1.13 bits per heavy atom. The SMILES string of the molecule is COC(=O)c1ccc2c(c1)n(C(c1ccccc1)C1CCOCC1)c1cc(-c3c(C)nnn3C)c[n+](O)c21. The quantitative estimate of drug-likeness (QED) is 0.215. The van der Waals surface area contributed by atoms with Crippen LogP contribution in [0.3, 0.4) is 0 Å². The lowest BCUT2D eigenvalue weighted by molar-refractivity contribution is -0.883.